The summed E-state index contributed by atoms with van der Waals surface area (Å²) in [7, 11) is 0. The van der Waals surface area contributed by atoms with Crippen LogP contribution in [0, 0.1) is 46.3 Å². The molecule has 0 aromatic carbocycles. The molecule has 6 rings (SSSR count). The Morgan fingerprint density at radius 2 is 1.28 bits per heavy atom. The molecule has 6 aliphatic rings. The highest BCUT2D eigenvalue weighted by atomic mass is 35.5. The van der Waals surface area contributed by atoms with E-state index in [2.05, 4.69) is 47.6 Å². The summed E-state index contributed by atoms with van der Waals surface area (Å²) in [6.07, 6.45) is 9.44. The fourth-order valence-corrected chi connectivity index (χ4v) is 8.49. The third kappa shape index (κ3) is 2.54. The van der Waals surface area contributed by atoms with Gasteiger partial charge in [0.05, 0.1) is 0 Å². The average Bonchev–Trinajstić information content (AvgIpc) is 2.56. The highest BCUT2D eigenvalue weighted by molar-refractivity contribution is 6.63. The van der Waals surface area contributed by atoms with Gasteiger partial charge in [-0.2, -0.15) is 0 Å². The standard InChI is InChI=1S/C23H38BCl/c1-14-18-10-16(22(18,3)4)12-20(14)24(8-7-9-25)21-13-17-11-19(15(21)2)23(17,5)6/h7,9,14-21H,8,10-13H2,1-6H3/b9-7+/t14-,15-,16-,17-,18+,19+,20-,21-/m1/s1. The van der Waals surface area contributed by atoms with Crippen molar-refractivity contribution in [3.8, 4) is 0 Å². The maximum absolute atomic E-state index is 5.98. The van der Waals surface area contributed by atoms with Crippen LogP contribution in [0.4, 0.5) is 0 Å². The molecule has 6 saturated carbocycles. The molecule has 0 heterocycles. The molecule has 6 fully saturated rings. The normalized spacial score (nSPS) is 49.4. The summed E-state index contributed by atoms with van der Waals surface area (Å²) in [5.41, 5.74) is 2.99. The summed E-state index contributed by atoms with van der Waals surface area (Å²) >= 11 is 5.98. The van der Waals surface area contributed by atoms with Crippen LogP contribution >= 0.6 is 11.6 Å². The summed E-state index contributed by atoms with van der Waals surface area (Å²) in [5, 5.41) is 0. The van der Waals surface area contributed by atoms with Gasteiger partial charge in [-0.3, -0.25) is 0 Å². The van der Waals surface area contributed by atoms with Crippen molar-refractivity contribution in [2.24, 2.45) is 46.3 Å². The number of hydrogen-bond acceptors (Lipinski definition) is 0. The molecule has 0 N–H and O–H groups in total. The topological polar surface area (TPSA) is 0 Å². The van der Waals surface area contributed by atoms with Gasteiger partial charge in [-0.15, -0.1) is 0 Å². The number of allylic oxidation sites excluding steroid dienone is 1. The van der Waals surface area contributed by atoms with E-state index in [1.807, 2.05) is 0 Å². The molecule has 0 aliphatic heterocycles. The predicted octanol–water partition coefficient (Wildman–Crippen LogP) is 7.38. The van der Waals surface area contributed by atoms with Crippen molar-refractivity contribution in [1.82, 2.24) is 0 Å². The SMILES string of the molecule is C[C@H]1[C@H](B(C/C=C/Cl)[C@@H]2C[C@H]3C[C@@H]([C@H]2C)C3(C)C)C[C@H]2C[C@@H]1C2(C)C. The fraction of sp³-hybridized carbons (Fsp3) is 0.913. The number of rotatable bonds is 4. The highest BCUT2D eigenvalue weighted by Crippen LogP contribution is 2.69. The molecule has 0 aromatic rings. The summed E-state index contributed by atoms with van der Waals surface area (Å²) in [4.78, 5) is 0. The average molecular weight is 361 g/mol. The van der Waals surface area contributed by atoms with E-state index in [4.69, 9.17) is 11.6 Å². The van der Waals surface area contributed by atoms with Gasteiger partial charge in [0.25, 0.3) is 0 Å². The van der Waals surface area contributed by atoms with Crippen LogP contribution in [0.5, 0.6) is 0 Å². The van der Waals surface area contributed by atoms with E-state index in [0.29, 0.717) is 10.8 Å². The van der Waals surface area contributed by atoms with Gasteiger partial charge in [0.15, 0.2) is 6.71 Å². The predicted molar refractivity (Wildman–Crippen MR) is 111 cm³/mol. The molecule has 140 valence electrons. The summed E-state index contributed by atoms with van der Waals surface area (Å²) < 4.78 is 0. The molecule has 0 aromatic heterocycles. The lowest BCUT2D eigenvalue weighted by Crippen LogP contribution is -2.59. The lowest BCUT2D eigenvalue weighted by molar-refractivity contribution is -0.107. The van der Waals surface area contributed by atoms with Crippen molar-refractivity contribution >= 4 is 18.3 Å². The van der Waals surface area contributed by atoms with Crippen molar-refractivity contribution in [2.75, 3.05) is 0 Å². The van der Waals surface area contributed by atoms with E-state index in [-0.39, 0.29) is 0 Å². The van der Waals surface area contributed by atoms with Gasteiger partial charge in [0.2, 0.25) is 0 Å². The summed E-state index contributed by atoms with van der Waals surface area (Å²) in [5.74, 6) is 7.53. The highest BCUT2D eigenvalue weighted by Gasteiger charge is 2.61. The van der Waals surface area contributed by atoms with Crippen molar-refractivity contribution < 1.29 is 0 Å². The van der Waals surface area contributed by atoms with Crippen molar-refractivity contribution in [3.63, 3.8) is 0 Å². The second kappa shape index (κ2) is 6.05. The van der Waals surface area contributed by atoms with Crippen molar-refractivity contribution in [2.45, 2.75) is 85.2 Å². The molecule has 6 aliphatic carbocycles. The molecule has 0 radical (unpaired) electrons. The zero-order valence-corrected chi connectivity index (χ0v) is 18.0. The minimum Gasteiger partial charge on any atom is -0.0933 e. The first-order valence-corrected chi connectivity index (χ1v) is 11.4. The van der Waals surface area contributed by atoms with Crippen LogP contribution in [0.1, 0.15) is 67.2 Å². The molecule has 0 spiro atoms. The van der Waals surface area contributed by atoms with Gasteiger partial charge in [0.1, 0.15) is 0 Å². The quantitative estimate of drug-likeness (QED) is 0.459. The van der Waals surface area contributed by atoms with Crippen LogP contribution < -0.4 is 0 Å². The Balaban J connectivity index is 1.56. The zero-order chi connectivity index (χ0) is 18.1. The Morgan fingerprint density at radius 1 is 0.840 bits per heavy atom. The van der Waals surface area contributed by atoms with E-state index in [9.17, 15) is 0 Å². The van der Waals surface area contributed by atoms with E-state index in [1.54, 1.807) is 5.54 Å². The summed E-state index contributed by atoms with van der Waals surface area (Å²) in [6.45, 7) is 16.2. The van der Waals surface area contributed by atoms with Gasteiger partial charge in [-0.25, -0.2) is 0 Å². The zero-order valence-electron chi connectivity index (χ0n) is 17.3. The van der Waals surface area contributed by atoms with Crippen LogP contribution in [0.3, 0.4) is 0 Å². The van der Waals surface area contributed by atoms with Crippen LogP contribution in [-0.4, -0.2) is 6.71 Å². The van der Waals surface area contributed by atoms with Crippen LogP contribution in [0.15, 0.2) is 11.6 Å². The van der Waals surface area contributed by atoms with Gasteiger partial charge in [-0.05, 0) is 64.7 Å². The number of fused-ring (bicyclic) bond motifs is 4. The lowest BCUT2D eigenvalue weighted by atomic mass is 9.20. The maximum atomic E-state index is 5.98. The Bertz CT molecular complexity index is 508. The van der Waals surface area contributed by atoms with Crippen LogP contribution in [-0.2, 0) is 0 Å². The molecule has 0 nitrogen and oxygen atoms in total. The fourth-order valence-electron chi connectivity index (χ4n) is 8.39. The number of hydrogen-bond donors (Lipinski definition) is 0. The smallest absolute Gasteiger partial charge is 0.0933 e. The van der Waals surface area contributed by atoms with E-state index in [1.165, 1.54) is 32.0 Å². The minimum atomic E-state index is 0.602. The van der Waals surface area contributed by atoms with Crippen LogP contribution in [0.25, 0.3) is 0 Å². The van der Waals surface area contributed by atoms with Gasteiger partial charge >= 0.3 is 0 Å². The Hall–Kier alpha value is 0.0949. The van der Waals surface area contributed by atoms with Gasteiger partial charge in [0, 0.05) is 0 Å². The van der Waals surface area contributed by atoms with E-state index < -0.39 is 0 Å². The second-order valence-electron chi connectivity index (χ2n) is 11.5. The molecule has 0 unspecified atom stereocenters. The molecular weight excluding hydrogens is 323 g/mol. The lowest BCUT2D eigenvalue weighted by Gasteiger charge is -2.66. The molecule has 25 heavy (non-hydrogen) atoms. The van der Waals surface area contributed by atoms with Crippen LogP contribution in [0.2, 0.25) is 18.0 Å². The molecular formula is C23H38BCl. The third-order valence-corrected chi connectivity index (χ3v) is 10.6. The van der Waals surface area contributed by atoms with Gasteiger partial charge in [-0.1, -0.05) is 90.0 Å². The molecule has 0 saturated heterocycles. The third-order valence-electron chi connectivity index (χ3n) is 10.4. The van der Waals surface area contributed by atoms with Gasteiger partial charge < -0.3 is 0 Å². The second-order valence-corrected chi connectivity index (χ2v) is 11.8. The first kappa shape index (κ1) is 18.5. The maximum Gasteiger partial charge on any atom is 0.150 e. The van der Waals surface area contributed by atoms with Crippen molar-refractivity contribution in [1.29, 1.82) is 0 Å². The Kier molecular flexibility index (Phi) is 4.47. The first-order valence-electron chi connectivity index (χ1n) is 10.9. The molecule has 8 atom stereocenters. The van der Waals surface area contributed by atoms with E-state index in [0.717, 1.165) is 53.9 Å². The monoisotopic (exact) mass is 360 g/mol. The summed E-state index contributed by atoms with van der Waals surface area (Å²) in [6, 6.07) is 0. The minimum absolute atomic E-state index is 0.602. The number of halogens is 1. The first-order chi connectivity index (χ1) is 11.7. The largest absolute Gasteiger partial charge is 0.150 e. The molecule has 2 heteroatoms. The Labute approximate surface area is 161 Å². The van der Waals surface area contributed by atoms with Crippen molar-refractivity contribution in [3.05, 3.63) is 11.6 Å². The molecule has 0 amide bonds. The Morgan fingerprint density at radius 3 is 1.60 bits per heavy atom. The van der Waals surface area contributed by atoms with E-state index >= 15 is 0 Å². The molecule has 4 bridgehead atoms.